The molecule has 27 heavy (non-hydrogen) atoms. The molecule has 6 nitrogen and oxygen atoms in total. The predicted octanol–water partition coefficient (Wildman–Crippen LogP) is 3.08. The first kappa shape index (κ1) is 17.3. The van der Waals surface area contributed by atoms with Crippen LogP contribution in [0.25, 0.3) is 5.65 Å². The molecule has 1 aromatic carbocycles. The molecule has 0 unspecified atom stereocenters. The summed E-state index contributed by atoms with van der Waals surface area (Å²) in [6, 6.07) is 3.97. The zero-order valence-electron chi connectivity index (χ0n) is 14.4. The number of fused-ring (bicyclic) bond motifs is 1. The Morgan fingerprint density at radius 2 is 2.07 bits per heavy atom. The number of Topliss-reactive ketones (excluding diaryl/α,β-unsaturated/α-hetero) is 1. The highest BCUT2D eigenvalue weighted by atomic mass is 19.1. The van der Waals surface area contributed by atoms with E-state index in [-0.39, 0.29) is 41.3 Å². The summed E-state index contributed by atoms with van der Waals surface area (Å²) in [7, 11) is 0. The van der Waals surface area contributed by atoms with Crippen molar-refractivity contribution in [3.63, 3.8) is 0 Å². The van der Waals surface area contributed by atoms with Crippen molar-refractivity contribution >= 4 is 23.1 Å². The largest absolute Gasteiger partial charge is 0.382 e. The van der Waals surface area contributed by atoms with Crippen molar-refractivity contribution < 1.29 is 18.0 Å². The number of halogens is 3. The molecule has 2 N–H and O–H groups in total. The smallest absolute Gasteiger partial charge is 0.170 e. The van der Waals surface area contributed by atoms with Gasteiger partial charge < -0.3 is 10.6 Å². The Hall–Kier alpha value is -3.10. The van der Waals surface area contributed by atoms with Crippen LogP contribution in [-0.2, 0) is 0 Å². The van der Waals surface area contributed by atoms with Gasteiger partial charge in [0, 0.05) is 18.2 Å². The van der Waals surface area contributed by atoms with Gasteiger partial charge >= 0.3 is 0 Å². The first-order valence-corrected chi connectivity index (χ1v) is 8.36. The van der Waals surface area contributed by atoms with E-state index in [1.807, 2.05) is 0 Å². The van der Waals surface area contributed by atoms with Crippen LogP contribution in [0.5, 0.6) is 0 Å². The Labute approximate surface area is 152 Å². The van der Waals surface area contributed by atoms with Crippen LogP contribution in [0.1, 0.15) is 35.3 Å². The van der Waals surface area contributed by atoms with Gasteiger partial charge in [0.25, 0.3) is 0 Å². The van der Waals surface area contributed by atoms with Crippen LogP contribution < -0.4 is 10.6 Å². The number of nitrogen functional groups attached to an aromatic ring is 1. The number of hydrogen-bond acceptors (Lipinski definition) is 5. The average Bonchev–Trinajstić information content (AvgIpc) is 3.15. The lowest BCUT2D eigenvalue weighted by Crippen LogP contribution is -2.25. The van der Waals surface area contributed by atoms with Gasteiger partial charge in [0.15, 0.2) is 17.2 Å². The second-order valence-corrected chi connectivity index (χ2v) is 6.54. The number of nitrogens with zero attached hydrogens (tertiary/aromatic N) is 4. The molecule has 1 fully saturated rings. The number of ketones is 1. The van der Waals surface area contributed by atoms with Gasteiger partial charge in [-0.15, -0.1) is 5.10 Å². The summed E-state index contributed by atoms with van der Waals surface area (Å²) in [4.78, 5) is 17.8. The summed E-state index contributed by atoms with van der Waals surface area (Å²) in [6.07, 6.45) is 0.331. The molecule has 2 aromatic heterocycles. The Morgan fingerprint density at radius 3 is 2.81 bits per heavy atom. The van der Waals surface area contributed by atoms with E-state index in [1.165, 1.54) is 11.4 Å². The molecule has 3 aromatic rings. The SMILES string of the molecule is CC(=O)c1c(N)nn2ccc(N3C[C@H](F)C[C@H]3c3cc(F)ccc3F)nc12. The first-order valence-electron chi connectivity index (χ1n) is 8.36. The molecular weight excluding hydrogens is 359 g/mol. The van der Waals surface area contributed by atoms with Crippen LogP contribution in [0.4, 0.5) is 24.8 Å². The number of aromatic nitrogens is 3. The van der Waals surface area contributed by atoms with Gasteiger partial charge in [-0.2, -0.15) is 0 Å². The molecular formula is C18H16F3N5O. The Bertz CT molecular complexity index is 1050. The van der Waals surface area contributed by atoms with Gasteiger partial charge in [0.2, 0.25) is 0 Å². The van der Waals surface area contributed by atoms with E-state index in [4.69, 9.17) is 5.73 Å². The van der Waals surface area contributed by atoms with Crippen LogP contribution in [0.3, 0.4) is 0 Å². The summed E-state index contributed by atoms with van der Waals surface area (Å²) in [5.41, 5.74) is 6.25. The van der Waals surface area contributed by atoms with E-state index in [0.29, 0.717) is 5.82 Å². The standard InChI is InChI=1S/C18H16F3N5O/c1-9(27)16-17(22)24-26-5-4-15(23-18(16)26)25-8-11(20)7-14(25)12-6-10(19)2-3-13(12)21/h2-6,11,14H,7-8H2,1H3,(H2,22,24)/t11-,14+/m1/s1. The summed E-state index contributed by atoms with van der Waals surface area (Å²) in [5.74, 6) is -1.13. The monoisotopic (exact) mass is 375 g/mol. The van der Waals surface area contributed by atoms with Gasteiger partial charge in [-0.1, -0.05) is 0 Å². The zero-order valence-corrected chi connectivity index (χ0v) is 14.4. The quantitative estimate of drug-likeness (QED) is 0.712. The first-order chi connectivity index (χ1) is 12.8. The minimum Gasteiger partial charge on any atom is -0.382 e. The van der Waals surface area contributed by atoms with Gasteiger partial charge in [-0.3, -0.25) is 4.79 Å². The number of carbonyl (C=O) groups excluding carboxylic acids is 1. The van der Waals surface area contributed by atoms with E-state index < -0.39 is 23.8 Å². The fourth-order valence-corrected chi connectivity index (χ4v) is 3.54. The topological polar surface area (TPSA) is 76.5 Å². The maximum Gasteiger partial charge on any atom is 0.170 e. The van der Waals surface area contributed by atoms with E-state index in [9.17, 15) is 18.0 Å². The van der Waals surface area contributed by atoms with Crippen molar-refractivity contribution in [1.82, 2.24) is 14.6 Å². The molecule has 0 bridgehead atoms. The molecule has 0 spiro atoms. The van der Waals surface area contributed by atoms with Crippen LogP contribution >= 0.6 is 0 Å². The number of carbonyl (C=O) groups is 1. The van der Waals surface area contributed by atoms with Gasteiger partial charge in [-0.05, 0) is 31.2 Å². The molecule has 1 saturated heterocycles. The molecule has 2 atom stereocenters. The second kappa shape index (κ2) is 6.26. The molecule has 1 aliphatic rings. The van der Waals surface area contributed by atoms with E-state index >= 15 is 0 Å². The van der Waals surface area contributed by atoms with Crippen molar-refractivity contribution in [3.05, 3.63) is 53.2 Å². The summed E-state index contributed by atoms with van der Waals surface area (Å²) < 4.78 is 43.4. The molecule has 1 aliphatic heterocycles. The van der Waals surface area contributed by atoms with E-state index in [2.05, 4.69) is 10.1 Å². The zero-order chi connectivity index (χ0) is 19.3. The van der Waals surface area contributed by atoms with Gasteiger partial charge in [0.05, 0.1) is 12.6 Å². The van der Waals surface area contributed by atoms with E-state index in [0.717, 1.165) is 18.2 Å². The number of benzene rings is 1. The normalized spacial score (nSPS) is 19.8. The number of alkyl halides is 1. The molecule has 140 valence electrons. The second-order valence-electron chi connectivity index (χ2n) is 6.54. The Morgan fingerprint density at radius 1 is 1.30 bits per heavy atom. The molecule has 0 aliphatic carbocycles. The minimum atomic E-state index is -1.22. The lowest BCUT2D eigenvalue weighted by molar-refractivity contribution is 0.102. The highest BCUT2D eigenvalue weighted by Crippen LogP contribution is 2.38. The predicted molar refractivity (Wildman–Crippen MR) is 93.4 cm³/mol. The molecule has 9 heteroatoms. The molecule has 4 rings (SSSR count). The number of hydrogen-bond donors (Lipinski definition) is 1. The lowest BCUT2D eigenvalue weighted by Gasteiger charge is -2.26. The molecule has 0 saturated carbocycles. The van der Waals surface area contributed by atoms with Gasteiger partial charge in [0.1, 0.15) is 29.2 Å². The van der Waals surface area contributed by atoms with Gasteiger partial charge in [-0.25, -0.2) is 22.7 Å². The highest BCUT2D eigenvalue weighted by molar-refractivity contribution is 6.04. The number of rotatable bonds is 3. The van der Waals surface area contributed by atoms with Crippen molar-refractivity contribution in [1.29, 1.82) is 0 Å². The van der Waals surface area contributed by atoms with Crippen LogP contribution in [0.2, 0.25) is 0 Å². The molecule has 0 amide bonds. The fraction of sp³-hybridized carbons (Fsp3) is 0.278. The maximum atomic E-state index is 14.3. The minimum absolute atomic E-state index is 0.00813. The van der Waals surface area contributed by atoms with Crippen molar-refractivity contribution in [2.45, 2.75) is 25.6 Å². The summed E-state index contributed by atoms with van der Waals surface area (Å²) >= 11 is 0. The number of anilines is 2. The fourth-order valence-electron chi connectivity index (χ4n) is 3.54. The maximum absolute atomic E-state index is 14.3. The molecule has 3 heterocycles. The van der Waals surface area contributed by atoms with Crippen LogP contribution in [-0.4, -0.2) is 33.1 Å². The van der Waals surface area contributed by atoms with Crippen LogP contribution in [0.15, 0.2) is 30.5 Å². The average molecular weight is 375 g/mol. The van der Waals surface area contributed by atoms with Crippen molar-refractivity contribution in [3.8, 4) is 0 Å². The highest BCUT2D eigenvalue weighted by Gasteiger charge is 2.36. The lowest BCUT2D eigenvalue weighted by atomic mass is 10.0. The Balaban J connectivity index is 1.82. The summed E-state index contributed by atoms with van der Waals surface area (Å²) in [5, 5.41) is 4.03. The molecule has 0 radical (unpaired) electrons. The van der Waals surface area contributed by atoms with Crippen molar-refractivity contribution in [2.75, 3.05) is 17.2 Å². The summed E-state index contributed by atoms with van der Waals surface area (Å²) in [6.45, 7) is 1.32. The third-order valence-corrected chi connectivity index (χ3v) is 4.71. The third kappa shape index (κ3) is 2.88. The third-order valence-electron chi connectivity index (χ3n) is 4.71. The number of nitrogens with two attached hydrogens (primary N) is 1. The Kier molecular flexibility index (Phi) is 4.01. The van der Waals surface area contributed by atoms with E-state index in [1.54, 1.807) is 17.2 Å². The van der Waals surface area contributed by atoms with Crippen molar-refractivity contribution in [2.24, 2.45) is 0 Å². The van der Waals surface area contributed by atoms with Crippen LogP contribution in [0, 0.1) is 11.6 Å².